The molecule has 0 unspecified atom stereocenters. The Kier molecular flexibility index (Phi) is 10.2. The second kappa shape index (κ2) is 14.1. The van der Waals surface area contributed by atoms with Crippen molar-refractivity contribution >= 4 is 21.6 Å². The molecule has 2 aromatic heterocycles. The van der Waals surface area contributed by atoms with Gasteiger partial charge in [-0.3, -0.25) is 14.5 Å². The van der Waals surface area contributed by atoms with Crippen LogP contribution in [0.4, 0.5) is 5.69 Å². The third-order valence-corrected chi connectivity index (χ3v) is 10.1. The largest absolute Gasteiger partial charge is 0.488 e. The molecule has 0 fully saturated rings. The van der Waals surface area contributed by atoms with Gasteiger partial charge < -0.3 is 14.8 Å². The number of para-hydroxylation sites is 1. The van der Waals surface area contributed by atoms with Gasteiger partial charge in [-0.2, -0.15) is 4.31 Å². The van der Waals surface area contributed by atoms with Gasteiger partial charge in [0.05, 0.1) is 42.8 Å². The van der Waals surface area contributed by atoms with Crippen molar-refractivity contribution in [2.75, 3.05) is 11.9 Å². The van der Waals surface area contributed by atoms with Gasteiger partial charge >= 0.3 is 0 Å². The van der Waals surface area contributed by atoms with E-state index in [0.29, 0.717) is 23.6 Å². The normalized spacial score (nSPS) is 17.0. The van der Waals surface area contributed by atoms with E-state index in [9.17, 15) is 13.2 Å². The maximum absolute atomic E-state index is 13.9. The van der Waals surface area contributed by atoms with E-state index < -0.39 is 21.5 Å². The van der Waals surface area contributed by atoms with E-state index in [-0.39, 0.29) is 36.6 Å². The molecule has 0 saturated carbocycles. The second-order valence-electron chi connectivity index (χ2n) is 12.2. The molecular formula is C34H42N6O5S. The number of anilines is 1. The van der Waals surface area contributed by atoms with Crippen LogP contribution in [0.15, 0.2) is 78.1 Å². The Morgan fingerprint density at radius 2 is 1.96 bits per heavy atom. The summed E-state index contributed by atoms with van der Waals surface area (Å²) in [5.41, 5.74) is 2.63. The molecule has 0 saturated heterocycles. The molecule has 5 rings (SSSR count). The summed E-state index contributed by atoms with van der Waals surface area (Å²) in [6.45, 7) is 10.9. The van der Waals surface area contributed by atoms with Crippen LogP contribution in [-0.4, -0.2) is 51.3 Å². The molecule has 0 radical (unpaired) electrons. The molecular weight excluding hydrogens is 604 g/mol. The predicted octanol–water partition coefficient (Wildman–Crippen LogP) is 5.68. The van der Waals surface area contributed by atoms with Gasteiger partial charge in [-0.25, -0.2) is 8.42 Å². The molecule has 1 N–H and O–H groups in total. The highest BCUT2D eigenvalue weighted by atomic mass is 32.2. The number of nitrogens with one attached hydrogen (secondary N) is 1. The van der Waals surface area contributed by atoms with Crippen LogP contribution >= 0.6 is 0 Å². The second-order valence-corrected chi connectivity index (χ2v) is 14.1. The maximum atomic E-state index is 13.9. The van der Waals surface area contributed by atoms with Gasteiger partial charge in [0.2, 0.25) is 15.9 Å². The first-order chi connectivity index (χ1) is 22.0. The molecule has 11 nitrogen and oxygen atoms in total. The Morgan fingerprint density at radius 3 is 2.70 bits per heavy atom. The van der Waals surface area contributed by atoms with E-state index in [1.165, 1.54) is 4.31 Å². The van der Waals surface area contributed by atoms with E-state index in [2.05, 4.69) is 27.5 Å². The fourth-order valence-electron chi connectivity index (χ4n) is 5.50. The summed E-state index contributed by atoms with van der Waals surface area (Å²) >= 11 is 0. The average molecular weight is 647 g/mol. The summed E-state index contributed by atoms with van der Waals surface area (Å²) in [7, 11) is -3.85. The minimum atomic E-state index is -3.85. The summed E-state index contributed by atoms with van der Waals surface area (Å²) in [4.78, 5) is 18.0. The Hall–Kier alpha value is -4.13. The number of sulfonamides is 1. The molecule has 4 aromatic rings. The summed E-state index contributed by atoms with van der Waals surface area (Å²) in [5, 5.41) is 11.4. The zero-order chi connectivity index (χ0) is 32.9. The standard InChI is InChI=1S/C34H42N6O5S/c1-6-17-39-21-28(37-38-39)23-44-32(34(4,5)33(41)36-27-11-10-16-35-19-27)25-15-14-24(3)26(18-25)20-40-22-29(7-2)45-30-12-8-9-13-31(30)46(40,42)43/h8-16,18-19,21,29,32H,6-7,17,20,22-23H2,1-5H3,(H,36,41)/t29-,32-/m1/s1. The van der Waals surface area contributed by atoms with Crippen molar-refractivity contribution in [2.24, 2.45) is 5.41 Å². The first-order valence-corrected chi connectivity index (χ1v) is 17.0. The smallest absolute Gasteiger partial charge is 0.247 e. The number of carbonyl (C=O) groups excluding carboxylic acids is 1. The van der Waals surface area contributed by atoms with E-state index in [0.717, 1.165) is 29.7 Å². The maximum Gasteiger partial charge on any atom is 0.247 e. The SMILES string of the molecule is CCCn1cc(CO[C@H](c2ccc(C)c(CN3C[C@@H](CC)Oc4ccccc4S3(=O)=O)c2)C(C)(C)C(=O)Nc2cccnc2)nn1. The molecule has 3 heterocycles. The van der Waals surface area contributed by atoms with E-state index in [4.69, 9.17) is 9.47 Å². The van der Waals surface area contributed by atoms with Crippen LogP contribution < -0.4 is 10.1 Å². The van der Waals surface area contributed by atoms with Crippen molar-refractivity contribution in [1.82, 2.24) is 24.3 Å². The number of hydrogen-bond donors (Lipinski definition) is 1. The highest BCUT2D eigenvalue weighted by molar-refractivity contribution is 7.89. The molecule has 12 heteroatoms. The topological polar surface area (TPSA) is 129 Å². The lowest BCUT2D eigenvalue weighted by molar-refractivity contribution is -0.134. The van der Waals surface area contributed by atoms with Crippen molar-refractivity contribution < 1.29 is 22.7 Å². The van der Waals surface area contributed by atoms with Crippen LogP contribution in [0.3, 0.4) is 0 Å². The fourth-order valence-corrected chi connectivity index (χ4v) is 7.07. The molecule has 2 atom stereocenters. The summed E-state index contributed by atoms with van der Waals surface area (Å²) in [6.07, 6.45) is 5.64. The molecule has 1 aliphatic rings. The average Bonchev–Trinajstić information content (AvgIpc) is 3.45. The number of nitrogens with zero attached hydrogens (tertiary/aromatic N) is 5. The van der Waals surface area contributed by atoms with E-state index in [1.54, 1.807) is 53.5 Å². The highest BCUT2D eigenvalue weighted by Crippen LogP contribution is 2.40. The molecule has 244 valence electrons. The van der Waals surface area contributed by atoms with Crippen molar-refractivity contribution in [3.63, 3.8) is 0 Å². The van der Waals surface area contributed by atoms with Crippen LogP contribution in [0.1, 0.15) is 69.0 Å². The molecule has 0 spiro atoms. The number of ether oxygens (including phenoxy) is 2. The molecule has 46 heavy (non-hydrogen) atoms. The zero-order valence-electron chi connectivity index (χ0n) is 27.0. The lowest BCUT2D eigenvalue weighted by atomic mass is 9.80. The highest BCUT2D eigenvalue weighted by Gasteiger charge is 2.40. The third kappa shape index (κ3) is 7.30. The Balaban J connectivity index is 1.48. The van der Waals surface area contributed by atoms with Crippen molar-refractivity contribution in [3.8, 4) is 5.75 Å². The zero-order valence-corrected chi connectivity index (χ0v) is 27.8. The van der Waals surface area contributed by atoms with Crippen LogP contribution in [0, 0.1) is 12.3 Å². The van der Waals surface area contributed by atoms with Crippen LogP contribution in [0.2, 0.25) is 0 Å². The number of fused-ring (bicyclic) bond motifs is 1. The molecule has 2 aromatic carbocycles. The summed E-state index contributed by atoms with van der Waals surface area (Å²) < 4.78 is 43.7. The Morgan fingerprint density at radius 1 is 1.15 bits per heavy atom. The number of aryl methyl sites for hydroxylation is 2. The first-order valence-electron chi connectivity index (χ1n) is 15.6. The number of pyridine rings is 1. The summed E-state index contributed by atoms with van der Waals surface area (Å²) in [6, 6.07) is 16.1. The molecule has 0 bridgehead atoms. The van der Waals surface area contributed by atoms with Crippen molar-refractivity contribution in [2.45, 2.75) is 84.3 Å². The van der Waals surface area contributed by atoms with Gasteiger partial charge in [0.1, 0.15) is 22.4 Å². The Labute approximate surface area is 271 Å². The quantitative estimate of drug-likeness (QED) is 0.208. The number of benzene rings is 2. The number of carbonyl (C=O) groups is 1. The third-order valence-electron chi connectivity index (χ3n) is 8.24. The van der Waals surface area contributed by atoms with Gasteiger partial charge in [0.25, 0.3) is 0 Å². The molecule has 1 amide bonds. The van der Waals surface area contributed by atoms with Gasteiger partial charge in [0.15, 0.2) is 0 Å². The monoisotopic (exact) mass is 646 g/mol. The fraction of sp³-hybridized carbons (Fsp3) is 0.412. The van der Waals surface area contributed by atoms with E-state index >= 15 is 0 Å². The van der Waals surface area contributed by atoms with Crippen molar-refractivity contribution in [1.29, 1.82) is 0 Å². The first kappa shape index (κ1) is 33.2. The predicted molar refractivity (Wildman–Crippen MR) is 174 cm³/mol. The lowest BCUT2D eigenvalue weighted by Gasteiger charge is -2.34. The molecule has 0 aliphatic carbocycles. The van der Waals surface area contributed by atoms with Crippen LogP contribution in [0.25, 0.3) is 0 Å². The number of hydrogen-bond acceptors (Lipinski definition) is 8. The Bertz CT molecular complexity index is 1760. The van der Waals surface area contributed by atoms with Gasteiger partial charge in [-0.05, 0) is 74.6 Å². The minimum absolute atomic E-state index is 0.133. The summed E-state index contributed by atoms with van der Waals surface area (Å²) in [5.74, 6) is 0.116. The lowest BCUT2D eigenvalue weighted by Crippen LogP contribution is -2.38. The van der Waals surface area contributed by atoms with Gasteiger partial charge in [-0.1, -0.05) is 49.4 Å². The van der Waals surface area contributed by atoms with Crippen LogP contribution in [0.5, 0.6) is 5.75 Å². The number of rotatable bonds is 12. The number of aromatic nitrogens is 4. The van der Waals surface area contributed by atoms with E-state index in [1.807, 2.05) is 52.1 Å². The minimum Gasteiger partial charge on any atom is -0.488 e. The van der Waals surface area contributed by atoms with Gasteiger partial charge in [-0.15, -0.1) is 5.10 Å². The molecule has 1 aliphatic heterocycles. The van der Waals surface area contributed by atoms with Gasteiger partial charge in [0, 0.05) is 19.3 Å². The van der Waals surface area contributed by atoms with Crippen molar-refractivity contribution in [3.05, 3.63) is 95.6 Å². The van der Waals surface area contributed by atoms with Crippen LogP contribution in [-0.2, 0) is 39.3 Å². The number of amides is 1.